The first-order chi connectivity index (χ1) is 7.79. The average molecular weight is 220 g/mol. The summed E-state index contributed by atoms with van der Waals surface area (Å²) in [7, 11) is 1.46. The Morgan fingerprint density at radius 3 is 2.50 bits per heavy atom. The molecule has 0 saturated heterocycles. The fourth-order valence-electron chi connectivity index (χ4n) is 1.85. The first-order valence-electron chi connectivity index (χ1n) is 5.92. The maximum atomic E-state index is 11.7. The van der Waals surface area contributed by atoms with Crippen molar-refractivity contribution in [3.8, 4) is 0 Å². The molecule has 1 unspecified atom stereocenters. The summed E-state index contributed by atoms with van der Waals surface area (Å²) in [6.07, 6.45) is 4.29. The second-order valence-corrected chi connectivity index (χ2v) is 3.98. The molecule has 1 atom stereocenters. The third-order valence-corrected chi connectivity index (χ3v) is 2.78. The van der Waals surface area contributed by atoms with Gasteiger partial charge in [-0.3, -0.25) is 4.79 Å². The van der Waals surface area contributed by atoms with Crippen LogP contribution in [0.15, 0.2) is 30.3 Å². The van der Waals surface area contributed by atoms with E-state index in [0.717, 1.165) is 18.4 Å². The summed E-state index contributed by atoms with van der Waals surface area (Å²) in [5, 5.41) is 0. The van der Waals surface area contributed by atoms with Crippen LogP contribution >= 0.6 is 0 Å². The predicted molar refractivity (Wildman–Crippen MR) is 65.3 cm³/mol. The highest BCUT2D eigenvalue weighted by molar-refractivity contribution is 5.77. The zero-order valence-corrected chi connectivity index (χ0v) is 10.1. The van der Waals surface area contributed by atoms with Crippen molar-refractivity contribution in [2.45, 2.75) is 38.5 Å². The topological polar surface area (TPSA) is 26.3 Å². The molecule has 0 heterocycles. The molecule has 2 heteroatoms. The largest absolute Gasteiger partial charge is 0.469 e. The molecule has 0 aliphatic carbocycles. The molecule has 0 aliphatic heterocycles. The SMILES string of the molecule is CCCCCC(C(=O)OC)c1ccccc1. The lowest BCUT2D eigenvalue weighted by molar-refractivity contribution is -0.142. The van der Waals surface area contributed by atoms with Crippen LogP contribution in [0.1, 0.15) is 44.1 Å². The first kappa shape index (κ1) is 12.8. The van der Waals surface area contributed by atoms with Crippen LogP contribution in [0, 0.1) is 0 Å². The van der Waals surface area contributed by atoms with Crippen LogP contribution in [-0.2, 0) is 9.53 Å². The van der Waals surface area contributed by atoms with E-state index in [0.29, 0.717) is 0 Å². The summed E-state index contributed by atoms with van der Waals surface area (Å²) in [5.41, 5.74) is 1.06. The highest BCUT2D eigenvalue weighted by atomic mass is 16.5. The average Bonchev–Trinajstić information content (AvgIpc) is 2.35. The zero-order valence-electron chi connectivity index (χ0n) is 10.1. The molecule has 2 nitrogen and oxygen atoms in total. The molecular formula is C14H20O2. The minimum atomic E-state index is -0.123. The minimum Gasteiger partial charge on any atom is -0.469 e. The van der Waals surface area contributed by atoms with Gasteiger partial charge in [0.1, 0.15) is 0 Å². The third-order valence-electron chi connectivity index (χ3n) is 2.78. The molecule has 0 N–H and O–H groups in total. The molecule has 1 aromatic rings. The number of esters is 1. The Bertz CT molecular complexity index is 306. The van der Waals surface area contributed by atoms with E-state index in [-0.39, 0.29) is 11.9 Å². The van der Waals surface area contributed by atoms with E-state index >= 15 is 0 Å². The van der Waals surface area contributed by atoms with Gasteiger partial charge in [0.15, 0.2) is 0 Å². The maximum absolute atomic E-state index is 11.7. The highest BCUT2D eigenvalue weighted by Gasteiger charge is 2.20. The Balaban J connectivity index is 2.68. The standard InChI is InChI=1S/C14H20O2/c1-3-4-6-11-13(14(15)16-2)12-9-7-5-8-10-12/h5,7-10,13H,3-4,6,11H2,1-2H3. The lowest BCUT2D eigenvalue weighted by Gasteiger charge is -2.14. The second kappa shape index (κ2) is 7.04. The van der Waals surface area contributed by atoms with Crippen LogP contribution in [-0.4, -0.2) is 13.1 Å². The molecule has 1 rings (SSSR count). The molecule has 16 heavy (non-hydrogen) atoms. The third kappa shape index (κ3) is 3.69. The van der Waals surface area contributed by atoms with Crippen molar-refractivity contribution in [1.82, 2.24) is 0 Å². The minimum absolute atomic E-state index is 0.0993. The maximum Gasteiger partial charge on any atom is 0.313 e. The fraction of sp³-hybridized carbons (Fsp3) is 0.500. The van der Waals surface area contributed by atoms with Crippen LogP contribution < -0.4 is 0 Å². The summed E-state index contributed by atoms with van der Waals surface area (Å²) in [5.74, 6) is -0.222. The summed E-state index contributed by atoms with van der Waals surface area (Å²) >= 11 is 0. The number of benzene rings is 1. The molecule has 0 aromatic heterocycles. The Labute approximate surface area is 97.6 Å². The van der Waals surface area contributed by atoms with Gasteiger partial charge in [-0.15, -0.1) is 0 Å². The van der Waals surface area contributed by atoms with Gasteiger partial charge in [0.2, 0.25) is 0 Å². The monoisotopic (exact) mass is 220 g/mol. The van der Waals surface area contributed by atoms with Gasteiger partial charge in [0, 0.05) is 0 Å². The fourth-order valence-corrected chi connectivity index (χ4v) is 1.85. The molecule has 0 aliphatic rings. The molecule has 0 amide bonds. The van der Waals surface area contributed by atoms with E-state index in [4.69, 9.17) is 4.74 Å². The first-order valence-corrected chi connectivity index (χ1v) is 5.92. The molecule has 0 saturated carbocycles. The number of unbranched alkanes of at least 4 members (excludes halogenated alkanes) is 2. The van der Waals surface area contributed by atoms with Crippen LogP contribution in [0.3, 0.4) is 0 Å². The number of methoxy groups -OCH3 is 1. The van der Waals surface area contributed by atoms with E-state index in [1.165, 1.54) is 20.0 Å². The zero-order chi connectivity index (χ0) is 11.8. The molecule has 0 fully saturated rings. The molecule has 0 bridgehead atoms. The molecule has 0 radical (unpaired) electrons. The van der Waals surface area contributed by atoms with E-state index in [2.05, 4.69) is 6.92 Å². The van der Waals surface area contributed by atoms with Gasteiger partial charge in [-0.2, -0.15) is 0 Å². The quantitative estimate of drug-likeness (QED) is 0.541. The van der Waals surface area contributed by atoms with Crippen LogP contribution in [0.25, 0.3) is 0 Å². The van der Waals surface area contributed by atoms with Crippen molar-refractivity contribution in [3.05, 3.63) is 35.9 Å². The number of hydrogen-bond donors (Lipinski definition) is 0. The van der Waals surface area contributed by atoms with E-state index in [1.807, 2.05) is 30.3 Å². The lowest BCUT2D eigenvalue weighted by atomic mass is 9.93. The van der Waals surface area contributed by atoms with Gasteiger partial charge < -0.3 is 4.74 Å². The van der Waals surface area contributed by atoms with Crippen molar-refractivity contribution >= 4 is 5.97 Å². The van der Waals surface area contributed by atoms with Gasteiger partial charge >= 0.3 is 5.97 Å². The number of hydrogen-bond acceptors (Lipinski definition) is 2. The molecule has 0 spiro atoms. The number of carbonyl (C=O) groups excluding carboxylic acids is 1. The smallest absolute Gasteiger partial charge is 0.313 e. The number of ether oxygens (including phenoxy) is 1. The normalized spacial score (nSPS) is 12.1. The van der Waals surface area contributed by atoms with Crippen LogP contribution in [0.5, 0.6) is 0 Å². The summed E-state index contributed by atoms with van der Waals surface area (Å²) in [6, 6.07) is 9.88. The van der Waals surface area contributed by atoms with Crippen molar-refractivity contribution < 1.29 is 9.53 Å². The van der Waals surface area contributed by atoms with E-state index in [1.54, 1.807) is 0 Å². The molecular weight excluding hydrogens is 200 g/mol. The van der Waals surface area contributed by atoms with Gasteiger partial charge in [-0.1, -0.05) is 56.5 Å². The second-order valence-electron chi connectivity index (χ2n) is 3.98. The van der Waals surface area contributed by atoms with Crippen molar-refractivity contribution in [1.29, 1.82) is 0 Å². The Hall–Kier alpha value is -1.31. The Kier molecular flexibility index (Phi) is 5.62. The number of rotatable bonds is 6. The summed E-state index contributed by atoms with van der Waals surface area (Å²) < 4.78 is 4.86. The van der Waals surface area contributed by atoms with E-state index < -0.39 is 0 Å². The summed E-state index contributed by atoms with van der Waals surface area (Å²) in [4.78, 5) is 11.7. The van der Waals surface area contributed by atoms with Gasteiger partial charge in [-0.25, -0.2) is 0 Å². The Morgan fingerprint density at radius 2 is 1.94 bits per heavy atom. The van der Waals surface area contributed by atoms with E-state index in [9.17, 15) is 4.79 Å². The van der Waals surface area contributed by atoms with Crippen LogP contribution in [0.4, 0.5) is 0 Å². The molecule has 1 aromatic carbocycles. The number of carbonyl (C=O) groups is 1. The van der Waals surface area contributed by atoms with Crippen molar-refractivity contribution in [3.63, 3.8) is 0 Å². The lowest BCUT2D eigenvalue weighted by Crippen LogP contribution is -2.14. The van der Waals surface area contributed by atoms with Crippen LogP contribution in [0.2, 0.25) is 0 Å². The highest BCUT2D eigenvalue weighted by Crippen LogP contribution is 2.23. The van der Waals surface area contributed by atoms with Gasteiger partial charge in [0.25, 0.3) is 0 Å². The van der Waals surface area contributed by atoms with Gasteiger partial charge in [-0.05, 0) is 12.0 Å². The van der Waals surface area contributed by atoms with Crippen molar-refractivity contribution in [2.24, 2.45) is 0 Å². The van der Waals surface area contributed by atoms with Gasteiger partial charge in [0.05, 0.1) is 13.0 Å². The molecule has 88 valence electrons. The Morgan fingerprint density at radius 1 is 1.25 bits per heavy atom. The van der Waals surface area contributed by atoms with Crippen molar-refractivity contribution in [2.75, 3.05) is 7.11 Å². The summed E-state index contributed by atoms with van der Waals surface area (Å²) in [6.45, 7) is 2.16. The predicted octanol–water partition coefficient (Wildman–Crippen LogP) is 3.52.